The van der Waals surface area contributed by atoms with E-state index >= 15 is 0 Å². The van der Waals surface area contributed by atoms with E-state index in [2.05, 4.69) is 28.6 Å². The highest BCUT2D eigenvalue weighted by Gasteiger charge is 2.30. The highest BCUT2D eigenvalue weighted by Crippen LogP contribution is 2.06. The first-order chi connectivity index (χ1) is 15.4. The zero-order valence-electron chi connectivity index (χ0n) is 18.2. The fraction of sp³-hybridized carbons (Fsp3) is 0.667. The van der Waals surface area contributed by atoms with Gasteiger partial charge in [-0.15, -0.1) is 0 Å². The smallest absolute Gasteiger partial charge is 0.326 e. The van der Waals surface area contributed by atoms with Gasteiger partial charge >= 0.3 is 5.97 Å². The molecule has 0 saturated carbocycles. The van der Waals surface area contributed by atoms with Gasteiger partial charge in [0.15, 0.2) is 0 Å². The van der Waals surface area contributed by atoms with E-state index in [-0.39, 0.29) is 37.9 Å². The Morgan fingerprint density at radius 2 is 1.24 bits per heavy atom. The number of carboxylic acids is 1. The number of carbonyl (C=O) groups is 6. The first kappa shape index (κ1) is 30.5. The molecule has 0 aliphatic rings. The largest absolute Gasteiger partial charge is 0.480 e. The lowest BCUT2D eigenvalue weighted by atomic mass is 10.1. The van der Waals surface area contributed by atoms with Crippen LogP contribution in [0.2, 0.25) is 0 Å². The molecule has 0 heterocycles. The summed E-state index contributed by atoms with van der Waals surface area (Å²) in [5.41, 5.74) is 15.8. The van der Waals surface area contributed by atoms with Gasteiger partial charge in [-0.05, 0) is 31.3 Å². The van der Waals surface area contributed by atoms with Crippen LogP contribution in [-0.4, -0.2) is 82.5 Å². The lowest BCUT2D eigenvalue weighted by Crippen LogP contribution is -2.57. The number of thiol groups is 1. The Balaban J connectivity index is 5.46. The number of thioether (sulfide) groups is 1. The van der Waals surface area contributed by atoms with Crippen molar-refractivity contribution in [3.63, 3.8) is 0 Å². The van der Waals surface area contributed by atoms with Crippen molar-refractivity contribution in [1.82, 2.24) is 16.0 Å². The molecule has 0 aromatic rings. The Morgan fingerprint density at radius 1 is 0.818 bits per heavy atom. The molecule has 188 valence electrons. The highest BCUT2D eigenvalue weighted by molar-refractivity contribution is 7.98. The molecule has 5 amide bonds. The molecule has 0 saturated heterocycles. The summed E-state index contributed by atoms with van der Waals surface area (Å²) < 4.78 is 0. The second-order valence-corrected chi connectivity index (χ2v) is 8.45. The van der Waals surface area contributed by atoms with Crippen molar-refractivity contribution in [2.75, 3.05) is 17.8 Å². The van der Waals surface area contributed by atoms with Crippen LogP contribution in [0.15, 0.2) is 0 Å². The van der Waals surface area contributed by atoms with Crippen LogP contribution in [-0.2, 0) is 28.8 Å². The van der Waals surface area contributed by atoms with Crippen LogP contribution in [0.25, 0.3) is 0 Å². The van der Waals surface area contributed by atoms with Crippen LogP contribution >= 0.6 is 24.4 Å². The molecule has 0 bridgehead atoms. The zero-order chi connectivity index (χ0) is 25.6. The Kier molecular flexibility index (Phi) is 14.9. The molecule has 0 aliphatic heterocycles. The molecule has 0 aliphatic carbocycles. The molecule has 0 rings (SSSR count). The molecule has 15 heteroatoms. The zero-order valence-corrected chi connectivity index (χ0v) is 20.0. The van der Waals surface area contributed by atoms with E-state index < -0.39 is 59.7 Å². The number of primary amides is 2. The van der Waals surface area contributed by atoms with Gasteiger partial charge in [-0.25, -0.2) is 4.79 Å². The number of rotatable bonds is 17. The highest BCUT2D eigenvalue weighted by atomic mass is 32.2. The molecule has 10 N–H and O–H groups in total. The Hall–Kier alpha value is -2.52. The number of hydrogen-bond donors (Lipinski definition) is 8. The standard InChI is InChI=1S/C18H32N6O7S2/c1-33-7-6-11(17(29)24-12(18(30)31)3-5-14(21)26)23-16(28)10(2-4-13(20)25)22-15(27)9(19)8-32/h9-12,32H,2-8,19H2,1H3,(H2,20,25)(H2,21,26)(H,22,27)(H,23,28)(H,24,29)(H,30,31). The summed E-state index contributed by atoms with van der Waals surface area (Å²) in [5, 5.41) is 16.4. The van der Waals surface area contributed by atoms with Crippen molar-refractivity contribution in [3.8, 4) is 0 Å². The lowest BCUT2D eigenvalue weighted by Gasteiger charge is -2.25. The van der Waals surface area contributed by atoms with Crippen molar-refractivity contribution >= 4 is 59.9 Å². The second-order valence-electron chi connectivity index (χ2n) is 7.10. The Labute approximate surface area is 201 Å². The Morgan fingerprint density at radius 3 is 1.67 bits per heavy atom. The summed E-state index contributed by atoms with van der Waals surface area (Å²) in [5.74, 6) is -4.59. The van der Waals surface area contributed by atoms with E-state index in [1.54, 1.807) is 6.26 Å². The van der Waals surface area contributed by atoms with Gasteiger partial charge in [0.25, 0.3) is 0 Å². The predicted octanol–water partition coefficient (Wildman–Crippen LogP) is -2.93. The van der Waals surface area contributed by atoms with E-state index in [9.17, 15) is 33.9 Å². The number of nitrogens with one attached hydrogen (secondary N) is 3. The summed E-state index contributed by atoms with van der Waals surface area (Å²) in [6, 6.07) is -4.76. The van der Waals surface area contributed by atoms with Gasteiger partial charge in [-0.3, -0.25) is 24.0 Å². The first-order valence-corrected chi connectivity index (χ1v) is 12.0. The first-order valence-electron chi connectivity index (χ1n) is 9.98. The van der Waals surface area contributed by atoms with E-state index in [0.29, 0.717) is 5.75 Å². The maximum absolute atomic E-state index is 12.8. The third-order valence-electron chi connectivity index (χ3n) is 4.38. The maximum atomic E-state index is 12.8. The van der Waals surface area contributed by atoms with Crippen molar-refractivity contribution in [2.24, 2.45) is 17.2 Å². The molecular formula is C18H32N6O7S2. The number of carbonyl (C=O) groups excluding carboxylic acids is 5. The van der Waals surface area contributed by atoms with Gasteiger partial charge < -0.3 is 38.3 Å². The van der Waals surface area contributed by atoms with Gasteiger partial charge in [-0.2, -0.15) is 24.4 Å². The van der Waals surface area contributed by atoms with Gasteiger partial charge in [0, 0.05) is 18.6 Å². The molecular weight excluding hydrogens is 476 g/mol. The van der Waals surface area contributed by atoms with Crippen LogP contribution in [0.1, 0.15) is 32.1 Å². The average molecular weight is 509 g/mol. The van der Waals surface area contributed by atoms with Gasteiger partial charge in [0.1, 0.15) is 18.1 Å². The van der Waals surface area contributed by atoms with Crippen LogP contribution in [0.5, 0.6) is 0 Å². The molecule has 0 radical (unpaired) electrons. The minimum Gasteiger partial charge on any atom is -0.480 e. The van der Waals surface area contributed by atoms with Crippen LogP contribution < -0.4 is 33.2 Å². The van der Waals surface area contributed by atoms with Crippen molar-refractivity contribution in [2.45, 2.75) is 56.3 Å². The fourth-order valence-electron chi connectivity index (χ4n) is 2.51. The molecule has 4 unspecified atom stereocenters. The van der Waals surface area contributed by atoms with Gasteiger partial charge in [0.05, 0.1) is 6.04 Å². The van der Waals surface area contributed by atoms with Crippen molar-refractivity contribution < 1.29 is 33.9 Å². The number of carboxylic acid groups (broad SMARTS) is 1. The van der Waals surface area contributed by atoms with E-state index in [1.165, 1.54) is 11.8 Å². The summed E-state index contributed by atoms with van der Waals surface area (Å²) >= 11 is 5.31. The summed E-state index contributed by atoms with van der Waals surface area (Å²) in [6.07, 6.45) is 1.08. The molecule has 0 spiro atoms. The third-order valence-corrected chi connectivity index (χ3v) is 5.42. The van der Waals surface area contributed by atoms with Crippen molar-refractivity contribution in [1.29, 1.82) is 0 Å². The summed E-state index contributed by atoms with van der Waals surface area (Å²) in [6.45, 7) is 0. The average Bonchev–Trinajstić information content (AvgIpc) is 2.74. The monoisotopic (exact) mass is 508 g/mol. The molecule has 0 aromatic carbocycles. The minimum absolute atomic E-state index is 0.0105. The fourth-order valence-corrected chi connectivity index (χ4v) is 3.15. The Bertz CT molecular complexity index is 724. The molecule has 4 atom stereocenters. The number of hydrogen-bond acceptors (Lipinski definition) is 9. The molecule has 33 heavy (non-hydrogen) atoms. The maximum Gasteiger partial charge on any atom is 0.326 e. The predicted molar refractivity (Wildman–Crippen MR) is 125 cm³/mol. The normalized spacial score (nSPS) is 14.3. The van der Waals surface area contributed by atoms with Crippen LogP contribution in [0.3, 0.4) is 0 Å². The number of nitrogens with two attached hydrogens (primary N) is 3. The SMILES string of the molecule is CSCCC(NC(=O)C(CCC(N)=O)NC(=O)C(N)CS)C(=O)NC(CCC(N)=O)C(=O)O. The summed E-state index contributed by atoms with van der Waals surface area (Å²) in [7, 11) is 0. The third kappa shape index (κ3) is 12.9. The van der Waals surface area contributed by atoms with Gasteiger partial charge in [0.2, 0.25) is 29.5 Å². The molecule has 13 nitrogen and oxygen atoms in total. The number of amides is 5. The molecule has 0 aromatic heterocycles. The lowest BCUT2D eigenvalue weighted by molar-refractivity contribution is -0.142. The van der Waals surface area contributed by atoms with E-state index in [0.717, 1.165) is 0 Å². The van der Waals surface area contributed by atoms with E-state index in [1.807, 2.05) is 0 Å². The van der Waals surface area contributed by atoms with Crippen LogP contribution in [0.4, 0.5) is 0 Å². The number of aliphatic carboxylic acids is 1. The van der Waals surface area contributed by atoms with Crippen LogP contribution in [0, 0.1) is 0 Å². The minimum atomic E-state index is -1.39. The molecule has 0 fully saturated rings. The second kappa shape index (κ2) is 16.1. The topological polar surface area (TPSA) is 237 Å². The van der Waals surface area contributed by atoms with Crippen molar-refractivity contribution in [3.05, 3.63) is 0 Å². The van der Waals surface area contributed by atoms with E-state index in [4.69, 9.17) is 17.2 Å². The van der Waals surface area contributed by atoms with Gasteiger partial charge in [-0.1, -0.05) is 0 Å². The quantitative estimate of drug-likeness (QED) is 0.0937. The summed E-state index contributed by atoms with van der Waals surface area (Å²) in [4.78, 5) is 71.1.